The largest absolute Gasteiger partial charge is 0.311 e. The minimum Gasteiger partial charge on any atom is -0.311 e. The lowest BCUT2D eigenvalue weighted by Crippen LogP contribution is -2.41. The summed E-state index contributed by atoms with van der Waals surface area (Å²) in [4.78, 5) is 0. The zero-order valence-corrected chi connectivity index (χ0v) is 8.67. The van der Waals surface area contributed by atoms with Gasteiger partial charge in [-0.05, 0) is 0 Å². The van der Waals surface area contributed by atoms with Crippen LogP contribution < -0.4 is 5.32 Å². The highest BCUT2D eigenvalue weighted by atomic mass is 28.3. The Morgan fingerprint density at radius 1 is 1.40 bits per heavy atom. The van der Waals surface area contributed by atoms with Crippen molar-refractivity contribution in [1.29, 1.82) is 0 Å². The monoisotopic (exact) mass is 157 g/mol. The van der Waals surface area contributed by atoms with Gasteiger partial charge >= 0.3 is 0 Å². The standard InChI is InChI=1S/C8H19NSi/c1-6-8(10(4)5)9-7(2)3/h6-10H,1H2,2-5H3. The van der Waals surface area contributed by atoms with E-state index in [4.69, 9.17) is 0 Å². The summed E-state index contributed by atoms with van der Waals surface area (Å²) in [6.45, 7) is 12.8. The highest BCUT2D eigenvalue weighted by Crippen LogP contribution is 1.94. The average Bonchev–Trinajstić information content (AvgIpc) is 1.81. The molecule has 0 bridgehead atoms. The molecule has 1 atom stereocenters. The molecule has 0 spiro atoms. The first-order chi connectivity index (χ1) is 4.57. The van der Waals surface area contributed by atoms with Gasteiger partial charge in [0.15, 0.2) is 0 Å². The fourth-order valence-corrected chi connectivity index (χ4v) is 2.23. The van der Waals surface area contributed by atoms with Crippen molar-refractivity contribution < 1.29 is 0 Å². The van der Waals surface area contributed by atoms with Crippen LogP contribution >= 0.6 is 0 Å². The Bertz CT molecular complexity index is 99.4. The van der Waals surface area contributed by atoms with Crippen LogP contribution in [0.4, 0.5) is 0 Å². The van der Waals surface area contributed by atoms with Crippen LogP contribution in [0, 0.1) is 0 Å². The molecule has 1 N–H and O–H groups in total. The first-order valence-electron chi connectivity index (χ1n) is 3.96. The van der Waals surface area contributed by atoms with Gasteiger partial charge in [-0.25, -0.2) is 0 Å². The van der Waals surface area contributed by atoms with Crippen LogP contribution in [0.5, 0.6) is 0 Å². The van der Waals surface area contributed by atoms with Crippen LogP contribution in [-0.2, 0) is 0 Å². The van der Waals surface area contributed by atoms with Crippen LogP contribution in [0.3, 0.4) is 0 Å². The maximum absolute atomic E-state index is 3.81. The normalized spacial score (nSPS) is 14.2. The van der Waals surface area contributed by atoms with E-state index in [0.717, 1.165) is 0 Å². The Hall–Kier alpha value is -0.0831. The van der Waals surface area contributed by atoms with Crippen molar-refractivity contribution in [2.75, 3.05) is 0 Å². The van der Waals surface area contributed by atoms with E-state index < -0.39 is 8.80 Å². The third kappa shape index (κ3) is 3.85. The molecule has 0 radical (unpaired) electrons. The summed E-state index contributed by atoms with van der Waals surface area (Å²) < 4.78 is 0. The van der Waals surface area contributed by atoms with Gasteiger partial charge in [-0.3, -0.25) is 0 Å². The third-order valence-electron chi connectivity index (χ3n) is 1.50. The summed E-state index contributed by atoms with van der Waals surface area (Å²) in [5.41, 5.74) is 0.597. The topological polar surface area (TPSA) is 12.0 Å². The van der Waals surface area contributed by atoms with Crippen LogP contribution in [0.25, 0.3) is 0 Å². The van der Waals surface area contributed by atoms with Crippen molar-refractivity contribution in [3.8, 4) is 0 Å². The van der Waals surface area contributed by atoms with Gasteiger partial charge in [0.1, 0.15) is 0 Å². The lowest BCUT2D eigenvalue weighted by atomic mass is 10.4. The van der Waals surface area contributed by atoms with Gasteiger partial charge in [0.25, 0.3) is 0 Å². The molecule has 0 heterocycles. The van der Waals surface area contributed by atoms with Gasteiger partial charge in [0.2, 0.25) is 0 Å². The zero-order valence-electron chi connectivity index (χ0n) is 7.52. The van der Waals surface area contributed by atoms with E-state index in [1.807, 2.05) is 6.08 Å². The molecular formula is C8H19NSi. The summed E-state index contributed by atoms with van der Waals surface area (Å²) in [6, 6.07) is 0.581. The highest BCUT2D eigenvalue weighted by Gasteiger charge is 2.09. The summed E-state index contributed by atoms with van der Waals surface area (Å²) in [7, 11) is -0.571. The van der Waals surface area contributed by atoms with Crippen molar-refractivity contribution in [2.45, 2.75) is 38.6 Å². The van der Waals surface area contributed by atoms with Crippen LogP contribution in [0.15, 0.2) is 12.7 Å². The molecule has 2 heteroatoms. The van der Waals surface area contributed by atoms with E-state index >= 15 is 0 Å². The molecule has 0 aromatic carbocycles. The van der Waals surface area contributed by atoms with E-state index in [0.29, 0.717) is 11.7 Å². The Labute approximate surface area is 66.1 Å². The molecule has 1 unspecified atom stereocenters. The van der Waals surface area contributed by atoms with Crippen molar-refractivity contribution in [3.63, 3.8) is 0 Å². The quantitative estimate of drug-likeness (QED) is 0.482. The maximum atomic E-state index is 3.81. The second-order valence-electron chi connectivity index (χ2n) is 3.33. The molecular weight excluding hydrogens is 138 g/mol. The molecule has 0 saturated heterocycles. The van der Waals surface area contributed by atoms with Crippen molar-refractivity contribution in [3.05, 3.63) is 12.7 Å². The van der Waals surface area contributed by atoms with Gasteiger partial charge in [-0.1, -0.05) is 33.0 Å². The van der Waals surface area contributed by atoms with Gasteiger partial charge in [-0.15, -0.1) is 6.58 Å². The SMILES string of the molecule is C=CC(NC(C)C)[SiH](C)C. The van der Waals surface area contributed by atoms with E-state index in [1.165, 1.54) is 0 Å². The summed E-state index contributed by atoms with van der Waals surface area (Å²) in [6.07, 6.45) is 2.04. The number of rotatable bonds is 4. The second-order valence-corrected chi connectivity index (χ2v) is 6.53. The Kier molecular flexibility index (Phi) is 4.65. The summed E-state index contributed by atoms with van der Waals surface area (Å²) in [5.74, 6) is 0. The zero-order chi connectivity index (χ0) is 8.15. The first kappa shape index (κ1) is 9.92. The van der Waals surface area contributed by atoms with Gasteiger partial charge in [0, 0.05) is 11.7 Å². The smallest absolute Gasteiger partial charge is 0.0554 e. The minimum absolute atomic E-state index is 0.571. The summed E-state index contributed by atoms with van der Waals surface area (Å²) in [5, 5.41) is 3.47. The predicted octanol–water partition coefficient (Wildman–Crippen LogP) is 1.56. The molecule has 1 nitrogen and oxygen atoms in total. The Morgan fingerprint density at radius 2 is 1.90 bits per heavy atom. The fraction of sp³-hybridized carbons (Fsp3) is 0.750. The van der Waals surface area contributed by atoms with E-state index in [9.17, 15) is 0 Å². The van der Waals surface area contributed by atoms with Crippen molar-refractivity contribution in [2.24, 2.45) is 0 Å². The lowest BCUT2D eigenvalue weighted by molar-refractivity contribution is 0.598. The highest BCUT2D eigenvalue weighted by molar-refractivity contribution is 6.58. The molecule has 0 aliphatic rings. The Morgan fingerprint density at radius 3 is 2.00 bits per heavy atom. The van der Waals surface area contributed by atoms with Gasteiger partial charge in [-0.2, -0.15) is 0 Å². The maximum Gasteiger partial charge on any atom is 0.0554 e. The first-order valence-corrected chi connectivity index (χ1v) is 6.94. The van der Waals surface area contributed by atoms with Gasteiger partial charge < -0.3 is 5.32 Å². The molecule has 0 amide bonds. The third-order valence-corrected chi connectivity index (χ3v) is 3.40. The molecule has 10 heavy (non-hydrogen) atoms. The van der Waals surface area contributed by atoms with Crippen molar-refractivity contribution >= 4 is 8.80 Å². The average molecular weight is 157 g/mol. The molecule has 0 rings (SSSR count). The van der Waals surface area contributed by atoms with Crippen molar-refractivity contribution in [1.82, 2.24) is 5.32 Å². The van der Waals surface area contributed by atoms with Crippen LogP contribution in [-0.4, -0.2) is 20.5 Å². The van der Waals surface area contributed by atoms with Crippen LogP contribution in [0.2, 0.25) is 13.1 Å². The van der Waals surface area contributed by atoms with Crippen LogP contribution in [0.1, 0.15) is 13.8 Å². The molecule has 0 aromatic rings. The predicted molar refractivity (Wildman–Crippen MR) is 51.1 cm³/mol. The molecule has 0 aliphatic heterocycles. The Balaban J connectivity index is 3.71. The molecule has 0 fully saturated rings. The lowest BCUT2D eigenvalue weighted by Gasteiger charge is -2.19. The second kappa shape index (κ2) is 4.69. The number of nitrogens with one attached hydrogen (secondary N) is 1. The minimum atomic E-state index is -0.571. The number of hydrogen-bond donors (Lipinski definition) is 1. The van der Waals surface area contributed by atoms with E-state index in [2.05, 4.69) is 38.8 Å². The van der Waals surface area contributed by atoms with Gasteiger partial charge in [0.05, 0.1) is 8.80 Å². The molecule has 0 aromatic heterocycles. The van der Waals surface area contributed by atoms with E-state index in [-0.39, 0.29) is 0 Å². The molecule has 0 saturated carbocycles. The summed E-state index contributed by atoms with van der Waals surface area (Å²) >= 11 is 0. The van der Waals surface area contributed by atoms with E-state index in [1.54, 1.807) is 0 Å². The fourth-order valence-electron chi connectivity index (χ4n) is 0.918. The number of hydrogen-bond acceptors (Lipinski definition) is 1. The molecule has 0 aliphatic carbocycles. The molecule has 60 valence electrons.